The number of amides is 1. The maximum Gasteiger partial charge on any atom is 0.257 e. The Morgan fingerprint density at radius 3 is 2.82 bits per heavy atom. The van der Waals surface area contributed by atoms with E-state index in [1.165, 1.54) is 29.7 Å². The van der Waals surface area contributed by atoms with Crippen LogP contribution in [-0.4, -0.2) is 35.3 Å². The second kappa shape index (κ2) is 8.53. The molecule has 1 aromatic heterocycles. The monoisotopic (exact) mass is 442 g/mol. The third-order valence-electron chi connectivity index (χ3n) is 5.38. The Kier molecular flexibility index (Phi) is 6.49. The normalized spacial score (nSPS) is 21.8. The molecule has 3 aliphatic rings. The van der Waals surface area contributed by atoms with Gasteiger partial charge >= 0.3 is 0 Å². The minimum atomic E-state index is -0.125. The predicted molar refractivity (Wildman–Crippen MR) is 115 cm³/mol. The van der Waals surface area contributed by atoms with Crippen LogP contribution in [0, 0.1) is 12.8 Å². The molecule has 0 saturated heterocycles. The van der Waals surface area contributed by atoms with Crippen LogP contribution in [0.15, 0.2) is 12.1 Å². The van der Waals surface area contributed by atoms with Crippen LogP contribution in [0.1, 0.15) is 51.7 Å². The summed E-state index contributed by atoms with van der Waals surface area (Å²) in [6.45, 7) is 3.71. The van der Waals surface area contributed by atoms with Gasteiger partial charge < -0.3 is 10.1 Å². The van der Waals surface area contributed by atoms with Crippen molar-refractivity contribution in [2.24, 2.45) is 5.92 Å². The van der Waals surface area contributed by atoms with E-state index in [0.717, 1.165) is 41.6 Å². The molecule has 9 heteroatoms. The third kappa shape index (κ3) is 4.43. The van der Waals surface area contributed by atoms with Crippen LogP contribution < -0.4 is 15.4 Å². The highest BCUT2D eigenvalue weighted by Crippen LogP contribution is 2.48. The number of hydrogen-bond acceptors (Lipinski definition) is 6. The van der Waals surface area contributed by atoms with Gasteiger partial charge in [-0.05, 0) is 61.9 Å². The molecule has 2 atom stereocenters. The van der Waals surface area contributed by atoms with Crippen molar-refractivity contribution in [1.82, 2.24) is 15.5 Å². The number of aryl methyl sites for hydroxylation is 1. The van der Waals surface area contributed by atoms with Crippen LogP contribution in [-0.2, 0) is 6.42 Å². The highest BCUT2D eigenvalue weighted by Gasteiger charge is 2.42. The number of carbonyl (C=O) groups excluding carboxylic acids is 1. The van der Waals surface area contributed by atoms with Crippen molar-refractivity contribution in [2.75, 3.05) is 18.5 Å². The molecular formula is C19H24Cl2N4O2S. The lowest BCUT2D eigenvalue weighted by Crippen LogP contribution is -2.20. The number of halogens is 2. The molecule has 0 radical (unpaired) electrons. The van der Waals surface area contributed by atoms with Gasteiger partial charge in [-0.15, -0.1) is 35.0 Å². The zero-order valence-electron chi connectivity index (χ0n) is 15.6. The lowest BCUT2D eigenvalue weighted by atomic mass is 9.99. The number of fused-ring (bicyclic) bond motifs is 1. The molecule has 2 aliphatic carbocycles. The number of hydrogen-bond donors (Lipinski definition) is 2. The van der Waals surface area contributed by atoms with Crippen molar-refractivity contribution >= 4 is 47.2 Å². The third-order valence-corrected chi connectivity index (χ3v) is 6.13. The molecule has 2 fully saturated rings. The number of nitrogens with one attached hydrogen (secondary N) is 2. The number of aromatic nitrogens is 2. The van der Waals surface area contributed by atoms with Crippen molar-refractivity contribution in [3.8, 4) is 5.75 Å². The Labute approximate surface area is 180 Å². The van der Waals surface area contributed by atoms with Crippen LogP contribution in [0.4, 0.5) is 5.13 Å². The molecule has 2 aromatic rings. The highest BCUT2D eigenvalue weighted by atomic mass is 35.5. The summed E-state index contributed by atoms with van der Waals surface area (Å²) in [7, 11) is 0. The minimum absolute atomic E-state index is 0. The molecule has 1 aliphatic heterocycles. The van der Waals surface area contributed by atoms with Crippen LogP contribution in [0.5, 0.6) is 5.75 Å². The maximum atomic E-state index is 12.7. The van der Waals surface area contributed by atoms with Gasteiger partial charge in [0.1, 0.15) is 10.8 Å². The largest absolute Gasteiger partial charge is 0.493 e. The molecular weight excluding hydrogens is 419 g/mol. The number of nitrogens with zero attached hydrogens (tertiary/aromatic N) is 2. The van der Waals surface area contributed by atoms with E-state index < -0.39 is 0 Å². The smallest absolute Gasteiger partial charge is 0.257 e. The molecule has 2 saturated carbocycles. The van der Waals surface area contributed by atoms with E-state index in [1.807, 2.05) is 19.1 Å². The van der Waals surface area contributed by atoms with Gasteiger partial charge in [0.2, 0.25) is 5.13 Å². The molecule has 152 valence electrons. The zero-order chi connectivity index (χ0) is 17.7. The zero-order valence-corrected chi connectivity index (χ0v) is 18.0. The second-order valence-corrected chi connectivity index (χ2v) is 8.71. The molecule has 6 nitrogen and oxygen atoms in total. The summed E-state index contributed by atoms with van der Waals surface area (Å²) >= 11 is 1.39. The lowest BCUT2D eigenvalue weighted by molar-refractivity contribution is 0.102. The van der Waals surface area contributed by atoms with Gasteiger partial charge in [-0.1, -0.05) is 11.3 Å². The summed E-state index contributed by atoms with van der Waals surface area (Å²) in [6.07, 6.45) is 4.73. The van der Waals surface area contributed by atoms with Gasteiger partial charge in [-0.25, -0.2) is 0 Å². The number of ether oxygens (including phenoxy) is 1. The molecule has 2 heterocycles. The van der Waals surface area contributed by atoms with Crippen molar-refractivity contribution in [3.63, 3.8) is 0 Å². The van der Waals surface area contributed by atoms with E-state index in [9.17, 15) is 4.79 Å². The molecule has 2 unspecified atom stereocenters. The van der Waals surface area contributed by atoms with Crippen LogP contribution in [0.3, 0.4) is 0 Å². The van der Waals surface area contributed by atoms with Crippen LogP contribution in [0.2, 0.25) is 0 Å². The summed E-state index contributed by atoms with van der Waals surface area (Å²) in [5, 5.41) is 15.9. The quantitative estimate of drug-likeness (QED) is 0.712. The first-order chi connectivity index (χ1) is 12.7. The molecule has 5 rings (SSSR count). The summed E-state index contributed by atoms with van der Waals surface area (Å²) in [5.41, 5.74) is 3.02. The van der Waals surface area contributed by atoms with E-state index >= 15 is 0 Å². The van der Waals surface area contributed by atoms with Crippen molar-refractivity contribution < 1.29 is 9.53 Å². The van der Waals surface area contributed by atoms with Crippen molar-refractivity contribution in [1.29, 1.82) is 0 Å². The molecule has 2 N–H and O–H groups in total. The number of anilines is 1. The van der Waals surface area contributed by atoms with E-state index in [2.05, 4.69) is 20.8 Å². The first-order valence-corrected chi connectivity index (χ1v) is 10.1. The molecule has 1 aromatic carbocycles. The Balaban J connectivity index is 0.00000112. The van der Waals surface area contributed by atoms with Gasteiger partial charge in [-0.3, -0.25) is 10.1 Å². The van der Waals surface area contributed by atoms with Gasteiger partial charge in [0.15, 0.2) is 0 Å². The molecule has 1 amide bonds. The topological polar surface area (TPSA) is 76.1 Å². The Hall–Kier alpha value is -1.41. The maximum absolute atomic E-state index is 12.7. The fourth-order valence-corrected chi connectivity index (χ4v) is 4.25. The minimum Gasteiger partial charge on any atom is -0.493 e. The molecule has 0 spiro atoms. The van der Waals surface area contributed by atoms with Crippen LogP contribution >= 0.6 is 36.2 Å². The first kappa shape index (κ1) is 21.3. The summed E-state index contributed by atoms with van der Waals surface area (Å²) < 4.78 is 5.89. The predicted octanol–water partition coefficient (Wildman–Crippen LogP) is 3.73. The number of carbonyl (C=O) groups is 1. The average Bonchev–Trinajstić information content (AvgIpc) is 3.51. The Bertz CT molecular complexity index is 872. The average molecular weight is 443 g/mol. The Morgan fingerprint density at radius 2 is 2.11 bits per heavy atom. The summed E-state index contributed by atoms with van der Waals surface area (Å²) in [4.78, 5) is 12.7. The second-order valence-electron chi connectivity index (χ2n) is 7.53. The fraction of sp³-hybridized carbons (Fsp3) is 0.526. The van der Waals surface area contributed by atoms with Gasteiger partial charge in [0.05, 0.1) is 6.61 Å². The van der Waals surface area contributed by atoms with Crippen molar-refractivity contribution in [3.05, 3.63) is 33.8 Å². The van der Waals surface area contributed by atoms with Gasteiger partial charge in [-0.2, -0.15) is 0 Å². The highest BCUT2D eigenvalue weighted by molar-refractivity contribution is 7.15. The van der Waals surface area contributed by atoms with Crippen LogP contribution in [0.25, 0.3) is 0 Å². The van der Waals surface area contributed by atoms with E-state index in [0.29, 0.717) is 29.3 Å². The number of rotatable bonds is 6. The van der Waals surface area contributed by atoms with Crippen molar-refractivity contribution in [2.45, 2.75) is 44.6 Å². The molecule has 28 heavy (non-hydrogen) atoms. The summed E-state index contributed by atoms with van der Waals surface area (Å²) in [6, 6.07) is 4.49. The Morgan fingerprint density at radius 1 is 1.29 bits per heavy atom. The molecule has 0 bridgehead atoms. The van der Waals surface area contributed by atoms with E-state index in [4.69, 9.17) is 4.74 Å². The lowest BCUT2D eigenvalue weighted by Gasteiger charge is -2.11. The van der Waals surface area contributed by atoms with E-state index in [-0.39, 0.29) is 30.7 Å². The van der Waals surface area contributed by atoms with E-state index in [1.54, 1.807) is 0 Å². The standard InChI is InChI=1S/C19H22N4O2S.2ClH/c1-10-22-23-19(26-10)21-18(24)13-6-12-4-5-25-17(12)15(7-13)14-8-16(14)20-9-11-2-3-11;;/h6-7,11,14,16,20H,2-5,8-9H2,1H3,(H,21,23,24);2*1H. The van der Waals surface area contributed by atoms with Gasteiger partial charge in [0, 0.05) is 23.9 Å². The first-order valence-electron chi connectivity index (χ1n) is 9.32. The fourth-order valence-electron chi connectivity index (χ4n) is 3.67. The summed E-state index contributed by atoms with van der Waals surface area (Å²) in [5.74, 6) is 2.22. The number of benzene rings is 1. The van der Waals surface area contributed by atoms with Gasteiger partial charge in [0.25, 0.3) is 5.91 Å². The SMILES string of the molecule is Cc1nnc(NC(=O)c2cc3c(c(C4CC4NCC4CC4)c2)OCC3)s1.Cl.Cl.